The lowest BCUT2D eigenvalue weighted by Crippen LogP contribution is -2.38. The van der Waals surface area contributed by atoms with Crippen LogP contribution in [0.15, 0.2) is 23.0 Å². The maximum absolute atomic E-state index is 5.08. The molecule has 0 spiro atoms. The Morgan fingerprint density at radius 1 is 1.44 bits per heavy atom. The first kappa shape index (κ1) is 11.7. The van der Waals surface area contributed by atoms with Gasteiger partial charge < -0.3 is 14.6 Å². The van der Waals surface area contributed by atoms with Crippen LogP contribution in [0.2, 0.25) is 0 Å². The molecule has 1 N–H and O–H groups in total. The van der Waals surface area contributed by atoms with Crippen molar-refractivity contribution in [2.24, 2.45) is 0 Å². The van der Waals surface area contributed by atoms with E-state index in [9.17, 15) is 0 Å². The summed E-state index contributed by atoms with van der Waals surface area (Å²) < 4.78 is 5.08. The van der Waals surface area contributed by atoms with Gasteiger partial charge in [0.25, 0.3) is 0 Å². The summed E-state index contributed by atoms with van der Waals surface area (Å²) >= 11 is 0. The molecule has 1 aromatic heterocycles. The van der Waals surface area contributed by atoms with E-state index < -0.39 is 0 Å². The van der Waals surface area contributed by atoms with Crippen molar-refractivity contribution in [1.82, 2.24) is 10.2 Å². The van der Waals surface area contributed by atoms with Crippen LogP contribution in [0, 0.1) is 0 Å². The molecule has 0 bridgehead atoms. The van der Waals surface area contributed by atoms with Crippen molar-refractivity contribution in [3.05, 3.63) is 24.2 Å². The van der Waals surface area contributed by atoms with Crippen molar-refractivity contribution in [2.75, 3.05) is 20.1 Å². The van der Waals surface area contributed by atoms with Gasteiger partial charge in [0, 0.05) is 24.7 Å². The molecule has 2 rings (SSSR count). The average Bonchev–Trinajstić information content (AvgIpc) is 2.62. The van der Waals surface area contributed by atoms with Crippen LogP contribution < -0.4 is 5.32 Å². The first-order chi connectivity index (χ1) is 7.84. The minimum Gasteiger partial charge on any atom is -0.472 e. The normalized spacial score (nSPS) is 22.2. The van der Waals surface area contributed by atoms with Crippen molar-refractivity contribution in [3.63, 3.8) is 0 Å². The van der Waals surface area contributed by atoms with E-state index in [1.165, 1.54) is 37.8 Å². The average molecular weight is 222 g/mol. The standard InChI is InChI=1S/C13H22N2O/c1-15(9-12-6-8-16-11-12)10-13-5-3-2-4-7-14-13/h6,8,11,13-14H,2-5,7,9-10H2,1H3. The fraction of sp³-hybridized carbons (Fsp3) is 0.692. The first-order valence-corrected chi connectivity index (χ1v) is 6.27. The highest BCUT2D eigenvalue weighted by Gasteiger charge is 2.13. The number of nitrogens with one attached hydrogen (secondary N) is 1. The van der Waals surface area contributed by atoms with Crippen LogP contribution in [0.3, 0.4) is 0 Å². The highest BCUT2D eigenvalue weighted by Crippen LogP contribution is 2.10. The molecule has 1 unspecified atom stereocenters. The Morgan fingerprint density at radius 3 is 3.19 bits per heavy atom. The Bertz CT molecular complexity index is 276. The Balaban J connectivity index is 1.75. The molecule has 0 aliphatic carbocycles. The quantitative estimate of drug-likeness (QED) is 0.847. The molecule has 1 aromatic rings. The van der Waals surface area contributed by atoms with Crippen molar-refractivity contribution < 1.29 is 4.42 Å². The SMILES string of the molecule is CN(Cc1ccoc1)CC1CCCCCN1. The summed E-state index contributed by atoms with van der Waals surface area (Å²) in [7, 11) is 2.18. The van der Waals surface area contributed by atoms with Gasteiger partial charge in [-0.3, -0.25) is 0 Å². The van der Waals surface area contributed by atoms with E-state index in [1.807, 2.05) is 12.3 Å². The second-order valence-corrected chi connectivity index (χ2v) is 4.83. The van der Waals surface area contributed by atoms with Crippen LogP contribution in [-0.4, -0.2) is 31.1 Å². The van der Waals surface area contributed by atoms with Crippen molar-refractivity contribution in [3.8, 4) is 0 Å². The Morgan fingerprint density at radius 2 is 2.38 bits per heavy atom. The third kappa shape index (κ3) is 3.65. The van der Waals surface area contributed by atoms with Gasteiger partial charge in [0.15, 0.2) is 0 Å². The molecule has 1 aliphatic heterocycles. The van der Waals surface area contributed by atoms with E-state index in [-0.39, 0.29) is 0 Å². The topological polar surface area (TPSA) is 28.4 Å². The highest BCUT2D eigenvalue weighted by molar-refractivity contribution is 5.04. The van der Waals surface area contributed by atoms with Crippen LogP contribution in [0.25, 0.3) is 0 Å². The van der Waals surface area contributed by atoms with Crippen LogP contribution in [0.4, 0.5) is 0 Å². The second-order valence-electron chi connectivity index (χ2n) is 4.83. The van der Waals surface area contributed by atoms with Gasteiger partial charge in [-0.2, -0.15) is 0 Å². The Kier molecular flexibility index (Phi) is 4.43. The molecule has 1 atom stereocenters. The number of likely N-dealkylation sites (N-methyl/N-ethyl adjacent to an activating group) is 1. The summed E-state index contributed by atoms with van der Waals surface area (Å²) in [6, 6.07) is 2.70. The van der Waals surface area contributed by atoms with Gasteiger partial charge >= 0.3 is 0 Å². The molecule has 1 saturated heterocycles. The van der Waals surface area contributed by atoms with Crippen LogP contribution in [0.5, 0.6) is 0 Å². The lowest BCUT2D eigenvalue weighted by atomic mass is 10.1. The summed E-state index contributed by atoms with van der Waals surface area (Å²) in [5.74, 6) is 0. The summed E-state index contributed by atoms with van der Waals surface area (Å²) in [6.45, 7) is 3.30. The van der Waals surface area contributed by atoms with E-state index in [1.54, 1.807) is 6.26 Å². The molecule has 0 aromatic carbocycles. The Hall–Kier alpha value is -0.800. The van der Waals surface area contributed by atoms with Crippen molar-refractivity contribution in [2.45, 2.75) is 38.3 Å². The fourth-order valence-electron chi connectivity index (χ4n) is 2.39. The highest BCUT2D eigenvalue weighted by atomic mass is 16.3. The van der Waals surface area contributed by atoms with E-state index in [0.717, 1.165) is 13.1 Å². The fourth-order valence-corrected chi connectivity index (χ4v) is 2.39. The maximum atomic E-state index is 5.08. The summed E-state index contributed by atoms with van der Waals surface area (Å²) in [4.78, 5) is 2.37. The number of rotatable bonds is 4. The molecule has 1 fully saturated rings. The third-order valence-corrected chi connectivity index (χ3v) is 3.23. The van der Waals surface area contributed by atoms with Crippen LogP contribution in [-0.2, 0) is 6.54 Å². The summed E-state index contributed by atoms with van der Waals surface area (Å²) in [5.41, 5.74) is 1.26. The molecule has 2 heterocycles. The molecule has 3 heteroatoms. The zero-order valence-corrected chi connectivity index (χ0v) is 10.1. The molecule has 0 radical (unpaired) electrons. The lowest BCUT2D eigenvalue weighted by molar-refractivity contribution is 0.277. The second kappa shape index (κ2) is 6.06. The Labute approximate surface area is 97.8 Å². The lowest BCUT2D eigenvalue weighted by Gasteiger charge is -2.23. The van der Waals surface area contributed by atoms with Gasteiger partial charge in [-0.05, 0) is 32.5 Å². The number of nitrogens with zero attached hydrogens (tertiary/aromatic N) is 1. The molecule has 1 aliphatic rings. The van der Waals surface area contributed by atoms with Crippen LogP contribution >= 0.6 is 0 Å². The predicted octanol–water partition coefficient (Wildman–Crippen LogP) is 2.24. The largest absolute Gasteiger partial charge is 0.472 e. The zero-order valence-electron chi connectivity index (χ0n) is 10.1. The number of hydrogen-bond donors (Lipinski definition) is 1. The van der Waals surface area contributed by atoms with E-state index in [0.29, 0.717) is 6.04 Å². The summed E-state index contributed by atoms with van der Waals surface area (Å²) in [5, 5.41) is 3.63. The monoisotopic (exact) mass is 222 g/mol. The molecule has 90 valence electrons. The maximum Gasteiger partial charge on any atom is 0.0947 e. The van der Waals surface area contributed by atoms with Crippen LogP contribution in [0.1, 0.15) is 31.2 Å². The minimum absolute atomic E-state index is 0.666. The molecular formula is C13H22N2O. The molecule has 16 heavy (non-hydrogen) atoms. The minimum atomic E-state index is 0.666. The summed E-state index contributed by atoms with van der Waals surface area (Å²) in [6.07, 6.45) is 8.98. The number of hydrogen-bond acceptors (Lipinski definition) is 3. The molecule has 0 amide bonds. The van der Waals surface area contributed by atoms with Gasteiger partial charge in [-0.15, -0.1) is 0 Å². The van der Waals surface area contributed by atoms with E-state index >= 15 is 0 Å². The molecular weight excluding hydrogens is 200 g/mol. The third-order valence-electron chi connectivity index (χ3n) is 3.23. The van der Waals surface area contributed by atoms with E-state index in [4.69, 9.17) is 4.42 Å². The first-order valence-electron chi connectivity index (χ1n) is 6.27. The smallest absolute Gasteiger partial charge is 0.0947 e. The van der Waals surface area contributed by atoms with Gasteiger partial charge in [-0.25, -0.2) is 0 Å². The molecule has 3 nitrogen and oxygen atoms in total. The van der Waals surface area contributed by atoms with Gasteiger partial charge in [-0.1, -0.05) is 12.8 Å². The molecule has 0 saturated carbocycles. The predicted molar refractivity (Wildman–Crippen MR) is 65.3 cm³/mol. The van der Waals surface area contributed by atoms with Crippen molar-refractivity contribution in [1.29, 1.82) is 0 Å². The van der Waals surface area contributed by atoms with Gasteiger partial charge in [0.05, 0.1) is 12.5 Å². The van der Waals surface area contributed by atoms with Crippen molar-refractivity contribution >= 4 is 0 Å². The number of furan rings is 1. The van der Waals surface area contributed by atoms with Gasteiger partial charge in [0.2, 0.25) is 0 Å². The van der Waals surface area contributed by atoms with Gasteiger partial charge in [0.1, 0.15) is 0 Å². The zero-order chi connectivity index (χ0) is 11.2. The van der Waals surface area contributed by atoms with E-state index in [2.05, 4.69) is 17.3 Å².